The zero-order chi connectivity index (χ0) is 12.4. The molecule has 0 amide bonds. The third kappa shape index (κ3) is 2.91. The van der Waals surface area contributed by atoms with Crippen molar-refractivity contribution in [1.29, 1.82) is 0 Å². The van der Waals surface area contributed by atoms with E-state index in [1.165, 1.54) is 16.0 Å². The molecule has 1 atom stereocenters. The number of rotatable bonds is 3. The van der Waals surface area contributed by atoms with Crippen molar-refractivity contribution in [2.45, 2.75) is 13.0 Å². The summed E-state index contributed by atoms with van der Waals surface area (Å²) >= 11 is 11.1. The second-order valence-electron chi connectivity index (χ2n) is 3.90. The standard InChI is InChI=1S/C13H13BrClNS/c1-8-3-5-9(6-4-8)12(16-2)11-7-10(14)13(15)17-11/h3-7,12,16H,1-2H3. The molecule has 1 heterocycles. The number of hydrogen-bond acceptors (Lipinski definition) is 2. The van der Waals surface area contributed by atoms with E-state index in [2.05, 4.69) is 58.5 Å². The molecule has 0 spiro atoms. The SMILES string of the molecule is CNC(c1ccc(C)cc1)c1cc(Br)c(Cl)s1. The van der Waals surface area contributed by atoms with E-state index < -0.39 is 0 Å². The number of nitrogens with one attached hydrogen (secondary N) is 1. The van der Waals surface area contributed by atoms with Gasteiger partial charge in [-0.3, -0.25) is 0 Å². The minimum Gasteiger partial charge on any atom is -0.309 e. The van der Waals surface area contributed by atoms with Crippen molar-refractivity contribution in [1.82, 2.24) is 5.32 Å². The predicted molar refractivity (Wildman–Crippen MR) is 79.1 cm³/mol. The highest BCUT2D eigenvalue weighted by atomic mass is 79.9. The molecule has 1 N–H and O–H groups in total. The molecule has 4 heteroatoms. The van der Waals surface area contributed by atoms with E-state index in [4.69, 9.17) is 11.6 Å². The van der Waals surface area contributed by atoms with Crippen LogP contribution in [0.25, 0.3) is 0 Å². The van der Waals surface area contributed by atoms with Gasteiger partial charge in [-0.2, -0.15) is 0 Å². The van der Waals surface area contributed by atoms with Gasteiger partial charge in [-0.05, 0) is 41.5 Å². The Morgan fingerprint density at radius 3 is 2.41 bits per heavy atom. The van der Waals surface area contributed by atoms with Crippen LogP contribution in [0, 0.1) is 6.92 Å². The summed E-state index contributed by atoms with van der Waals surface area (Å²) in [5.41, 5.74) is 2.53. The van der Waals surface area contributed by atoms with Gasteiger partial charge in [0.2, 0.25) is 0 Å². The molecule has 0 aliphatic heterocycles. The zero-order valence-corrected chi connectivity index (χ0v) is 12.8. The Bertz CT molecular complexity index is 487. The number of benzene rings is 1. The van der Waals surface area contributed by atoms with Crippen LogP contribution in [0.1, 0.15) is 22.0 Å². The number of halogens is 2. The van der Waals surface area contributed by atoms with Crippen LogP contribution < -0.4 is 5.32 Å². The molecule has 17 heavy (non-hydrogen) atoms. The van der Waals surface area contributed by atoms with Gasteiger partial charge in [0.25, 0.3) is 0 Å². The Morgan fingerprint density at radius 1 is 1.29 bits per heavy atom. The van der Waals surface area contributed by atoms with E-state index >= 15 is 0 Å². The summed E-state index contributed by atoms with van der Waals surface area (Å²) in [6.07, 6.45) is 0. The van der Waals surface area contributed by atoms with E-state index in [-0.39, 0.29) is 6.04 Å². The quantitative estimate of drug-likeness (QED) is 0.854. The molecule has 0 radical (unpaired) electrons. The fourth-order valence-corrected chi connectivity index (χ4v) is 3.61. The van der Waals surface area contributed by atoms with Crippen LogP contribution in [-0.2, 0) is 0 Å². The first-order chi connectivity index (χ1) is 8.11. The first kappa shape index (κ1) is 13.1. The van der Waals surface area contributed by atoms with Crippen molar-refractivity contribution in [3.63, 3.8) is 0 Å². The third-order valence-electron chi connectivity index (χ3n) is 2.65. The summed E-state index contributed by atoms with van der Waals surface area (Å²) in [7, 11) is 1.96. The zero-order valence-electron chi connectivity index (χ0n) is 9.63. The van der Waals surface area contributed by atoms with Gasteiger partial charge >= 0.3 is 0 Å². The number of aryl methyl sites for hydroxylation is 1. The molecule has 1 nitrogen and oxygen atoms in total. The van der Waals surface area contributed by atoms with Crippen molar-refractivity contribution < 1.29 is 0 Å². The van der Waals surface area contributed by atoms with Crippen molar-refractivity contribution >= 4 is 38.9 Å². The van der Waals surface area contributed by atoms with Crippen molar-refractivity contribution in [3.8, 4) is 0 Å². The van der Waals surface area contributed by atoms with Gasteiger partial charge < -0.3 is 5.32 Å². The molecule has 2 aromatic rings. The largest absolute Gasteiger partial charge is 0.309 e. The summed E-state index contributed by atoms with van der Waals surface area (Å²) in [6, 6.07) is 10.8. The maximum Gasteiger partial charge on any atom is 0.107 e. The first-order valence-electron chi connectivity index (χ1n) is 5.30. The minimum atomic E-state index is 0.199. The summed E-state index contributed by atoms with van der Waals surface area (Å²) < 4.78 is 1.76. The Balaban J connectivity index is 2.36. The third-order valence-corrected chi connectivity index (χ3v) is 5.19. The lowest BCUT2D eigenvalue weighted by Gasteiger charge is -2.15. The average molecular weight is 331 g/mol. The molecule has 0 saturated heterocycles. The van der Waals surface area contributed by atoms with E-state index in [0.29, 0.717) is 0 Å². The van der Waals surface area contributed by atoms with Crippen LogP contribution in [0.4, 0.5) is 0 Å². The van der Waals surface area contributed by atoms with Gasteiger partial charge in [0.15, 0.2) is 0 Å². The molecule has 0 aliphatic rings. The second kappa shape index (κ2) is 5.53. The van der Waals surface area contributed by atoms with Crippen molar-refractivity contribution in [2.24, 2.45) is 0 Å². The second-order valence-corrected chi connectivity index (χ2v) is 6.44. The molecule has 1 aromatic heterocycles. The molecule has 0 bridgehead atoms. The maximum absolute atomic E-state index is 6.09. The summed E-state index contributed by atoms with van der Waals surface area (Å²) in [5.74, 6) is 0. The van der Waals surface area contributed by atoms with E-state index in [1.807, 2.05) is 7.05 Å². The van der Waals surface area contributed by atoms with Crippen molar-refractivity contribution in [3.05, 3.63) is 55.1 Å². The van der Waals surface area contributed by atoms with Gasteiger partial charge in [0.1, 0.15) is 4.34 Å². The highest BCUT2D eigenvalue weighted by Crippen LogP contribution is 2.37. The van der Waals surface area contributed by atoms with Gasteiger partial charge in [-0.25, -0.2) is 0 Å². The molecule has 0 fully saturated rings. The molecule has 2 rings (SSSR count). The lowest BCUT2D eigenvalue weighted by molar-refractivity contribution is 0.703. The van der Waals surface area contributed by atoms with Gasteiger partial charge in [-0.15, -0.1) is 11.3 Å². The Hall–Kier alpha value is -0.350. The number of thiophene rings is 1. The van der Waals surface area contributed by atoms with Gasteiger partial charge in [-0.1, -0.05) is 41.4 Å². The maximum atomic E-state index is 6.09. The number of hydrogen-bond donors (Lipinski definition) is 1. The van der Waals surface area contributed by atoms with Gasteiger partial charge in [0, 0.05) is 9.35 Å². The Morgan fingerprint density at radius 2 is 1.94 bits per heavy atom. The molecule has 1 unspecified atom stereocenters. The molecule has 1 aromatic carbocycles. The Kier molecular flexibility index (Phi) is 4.26. The summed E-state index contributed by atoms with van der Waals surface area (Å²) in [5, 5.41) is 3.33. The lowest BCUT2D eigenvalue weighted by Crippen LogP contribution is -2.16. The van der Waals surface area contributed by atoms with Crippen LogP contribution in [0.5, 0.6) is 0 Å². The summed E-state index contributed by atoms with van der Waals surface area (Å²) in [4.78, 5) is 1.22. The van der Waals surface area contributed by atoms with E-state index in [1.54, 1.807) is 11.3 Å². The van der Waals surface area contributed by atoms with Crippen molar-refractivity contribution in [2.75, 3.05) is 7.05 Å². The normalized spacial score (nSPS) is 12.7. The monoisotopic (exact) mass is 329 g/mol. The summed E-state index contributed by atoms with van der Waals surface area (Å²) in [6.45, 7) is 2.09. The van der Waals surface area contributed by atoms with Crippen LogP contribution in [-0.4, -0.2) is 7.05 Å². The minimum absolute atomic E-state index is 0.199. The molecule has 90 valence electrons. The van der Waals surface area contributed by atoms with Crippen LogP contribution in [0.2, 0.25) is 4.34 Å². The Labute approximate surface area is 119 Å². The average Bonchev–Trinajstić information content (AvgIpc) is 2.63. The van der Waals surface area contributed by atoms with E-state index in [0.717, 1.165) is 8.81 Å². The van der Waals surface area contributed by atoms with E-state index in [9.17, 15) is 0 Å². The lowest BCUT2D eigenvalue weighted by atomic mass is 10.0. The highest BCUT2D eigenvalue weighted by Gasteiger charge is 2.16. The fourth-order valence-electron chi connectivity index (χ4n) is 1.74. The smallest absolute Gasteiger partial charge is 0.107 e. The van der Waals surface area contributed by atoms with Crippen LogP contribution >= 0.6 is 38.9 Å². The topological polar surface area (TPSA) is 12.0 Å². The van der Waals surface area contributed by atoms with Gasteiger partial charge in [0.05, 0.1) is 6.04 Å². The predicted octanol–water partition coefficient (Wildman–Crippen LogP) is 4.78. The molecular formula is C13H13BrClNS. The molecule has 0 aliphatic carbocycles. The first-order valence-corrected chi connectivity index (χ1v) is 7.29. The highest BCUT2D eigenvalue weighted by molar-refractivity contribution is 9.10. The molecular weight excluding hydrogens is 318 g/mol. The fraction of sp³-hybridized carbons (Fsp3) is 0.231. The van der Waals surface area contributed by atoms with Crippen LogP contribution in [0.3, 0.4) is 0 Å². The molecule has 0 saturated carbocycles. The van der Waals surface area contributed by atoms with Crippen LogP contribution in [0.15, 0.2) is 34.8 Å².